The monoisotopic (exact) mass is 141 g/mol. The smallest absolute Gasteiger partial charge is 0.0115 e. The molecule has 0 heterocycles. The Morgan fingerprint density at radius 2 is 2.10 bits per heavy atom. The van der Waals surface area contributed by atoms with Gasteiger partial charge in [0.1, 0.15) is 0 Å². The van der Waals surface area contributed by atoms with Crippen LogP contribution in [0.1, 0.15) is 33.6 Å². The first kappa shape index (κ1) is 9.54. The molecule has 0 rings (SSSR count). The SMILES string of the molecule is C=C(CCC(C)C)NCC. The number of allylic oxidation sites excluding steroid dienone is 1. The van der Waals surface area contributed by atoms with Gasteiger partial charge in [-0.25, -0.2) is 0 Å². The van der Waals surface area contributed by atoms with E-state index in [0.717, 1.165) is 18.9 Å². The zero-order valence-corrected chi connectivity index (χ0v) is 7.41. The lowest BCUT2D eigenvalue weighted by molar-refractivity contribution is 0.570. The van der Waals surface area contributed by atoms with Crippen LogP contribution >= 0.6 is 0 Å². The molecule has 1 heteroatoms. The molecule has 1 nitrogen and oxygen atoms in total. The Kier molecular flexibility index (Phi) is 5.09. The standard InChI is InChI=1S/C9H19N/c1-5-10-9(4)7-6-8(2)3/h8,10H,4-7H2,1-3H3. The minimum Gasteiger partial charge on any atom is -0.389 e. The van der Waals surface area contributed by atoms with Gasteiger partial charge in [0.25, 0.3) is 0 Å². The Morgan fingerprint density at radius 3 is 2.50 bits per heavy atom. The highest BCUT2D eigenvalue weighted by molar-refractivity contribution is 4.90. The van der Waals surface area contributed by atoms with Crippen LogP contribution < -0.4 is 5.32 Å². The van der Waals surface area contributed by atoms with Crippen molar-refractivity contribution >= 4 is 0 Å². The maximum atomic E-state index is 3.91. The fourth-order valence-corrected chi connectivity index (χ4v) is 0.801. The van der Waals surface area contributed by atoms with Crippen LogP contribution in [0.2, 0.25) is 0 Å². The number of hydrogen-bond donors (Lipinski definition) is 1. The average Bonchev–Trinajstić information content (AvgIpc) is 1.85. The van der Waals surface area contributed by atoms with Crippen molar-refractivity contribution in [3.63, 3.8) is 0 Å². The highest BCUT2D eigenvalue weighted by atomic mass is 14.9. The van der Waals surface area contributed by atoms with E-state index < -0.39 is 0 Å². The molecule has 0 aromatic carbocycles. The Bertz CT molecular complexity index is 94.9. The third-order valence-electron chi connectivity index (χ3n) is 1.45. The molecule has 10 heavy (non-hydrogen) atoms. The molecule has 0 amide bonds. The lowest BCUT2D eigenvalue weighted by Crippen LogP contribution is -2.11. The predicted octanol–water partition coefficient (Wildman–Crippen LogP) is 2.55. The van der Waals surface area contributed by atoms with E-state index in [0.29, 0.717) is 0 Å². The van der Waals surface area contributed by atoms with Crippen LogP contribution in [-0.4, -0.2) is 6.54 Å². The summed E-state index contributed by atoms with van der Waals surface area (Å²) < 4.78 is 0. The minimum atomic E-state index is 0.787. The zero-order chi connectivity index (χ0) is 7.98. The number of rotatable bonds is 5. The number of nitrogens with one attached hydrogen (secondary N) is 1. The molecule has 0 aliphatic rings. The first-order valence-corrected chi connectivity index (χ1v) is 4.08. The minimum absolute atomic E-state index is 0.787. The molecule has 0 bridgehead atoms. The van der Waals surface area contributed by atoms with Crippen molar-refractivity contribution in [2.75, 3.05) is 6.54 Å². The van der Waals surface area contributed by atoms with E-state index in [9.17, 15) is 0 Å². The maximum Gasteiger partial charge on any atom is 0.0115 e. The largest absolute Gasteiger partial charge is 0.389 e. The van der Waals surface area contributed by atoms with Gasteiger partial charge in [-0.2, -0.15) is 0 Å². The summed E-state index contributed by atoms with van der Waals surface area (Å²) in [6.45, 7) is 11.5. The summed E-state index contributed by atoms with van der Waals surface area (Å²) >= 11 is 0. The van der Waals surface area contributed by atoms with Gasteiger partial charge in [-0.05, 0) is 25.7 Å². The highest BCUT2D eigenvalue weighted by Crippen LogP contribution is 2.06. The Morgan fingerprint density at radius 1 is 1.50 bits per heavy atom. The van der Waals surface area contributed by atoms with Crippen molar-refractivity contribution in [3.8, 4) is 0 Å². The van der Waals surface area contributed by atoms with Crippen molar-refractivity contribution in [1.82, 2.24) is 5.32 Å². The molecular weight excluding hydrogens is 122 g/mol. The van der Waals surface area contributed by atoms with Crippen molar-refractivity contribution in [2.45, 2.75) is 33.6 Å². The van der Waals surface area contributed by atoms with E-state index in [-0.39, 0.29) is 0 Å². The Labute approximate surface area is 64.5 Å². The molecule has 1 N–H and O–H groups in total. The zero-order valence-electron chi connectivity index (χ0n) is 7.41. The molecule has 0 aromatic heterocycles. The quantitative estimate of drug-likeness (QED) is 0.620. The Balaban J connectivity index is 3.22. The molecule has 0 aliphatic heterocycles. The normalized spacial score (nSPS) is 10.0. The van der Waals surface area contributed by atoms with Gasteiger partial charge in [0, 0.05) is 12.2 Å². The van der Waals surface area contributed by atoms with Crippen molar-refractivity contribution in [2.24, 2.45) is 5.92 Å². The van der Waals surface area contributed by atoms with E-state index in [2.05, 4.69) is 32.7 Å². The summed E-state index contributed by atoms with van der Waals surface area (Å²) in [4.78, 5) is 0. The summed E-state index contributed by atoms with van der Waals surface area (Å²) in [7, 11) is 0. The molecule has 0 saturated carbocycles. The highest BCUT2D eigenvalue weighted by Gasteiger charge is 1.95. The van der Waals surface area contributed by atoms with E-state index in [4.69, 9.17) is 0 Å². The van der Waals surface area contributed by atoms with Gasteiger partial charge in [0.15, 0.2) is 0 Å². The molecule has 0 unspecified atom stereocenters. The van der Waals surface area contributed by atoms with Crippen LogP contribution in [0, 0.1) is 5.92 Å². The average molecular weight is 141 g/mol. The summed E-state index contributed by atoms with van der Waals surface area (Å²) in [6.07, 6.45) is 2.36. The fourth-order valence-electron chi connectivity index (χ4n) is 0.801. The number of hydrogen-bond acceptors (Lipinski definition) is 1. The van der Waals surface area contributed by atoms with Crippen molar-refractivity contribution in [1.29, 1.82) is 0 Å². The maximum absolute atomic E-state index is 3.91. The van der Waals surface area contributed by atoms with Crippen molar-refractivity contribution in [3.05, 3.63) is 12.3 Å². The predicted molar refractivity (Wildman–Crippen MR) is 46.9 cm³/mol. The van der Waals surface area contributed by atoms with E-state index in [1.54, 1.807) is 0 Å². The third kappa shape index (κ3) is 5.67. The van der Waals surface area contributed by atoms with Crippen molar-refractivity contribution < 1.29 is 0 Å². The molecule has 60 valence electrons. The van der Waals surface area contributed by atoms with E-state index >= 15 is 0 Å². The molecule has 0 fully saturated rings. The van der Waals surface area contributed by atoms with Crippen LogP contribution in [-0.2, 0) is 0 Å². The first-order valence-electron chi connectivity index (χ1n) is 4.08. The summed E-state index contributed by atoms with van der Waals surface area (Å²) in [5.74, 6) is 0.787. The van der Waals surface area contributed by atoms with Gasteiger partial charge in [0.2, 0.25) is 0 Å². The second-order valence-corrected chi connectivity index (χ2v) is 3.07. The molecule has 0 saturated heterocycles. The van der Waals surface area contributed by atoms with Gasteiger partial charge in [-0.3, -0.25) is 0 Å². The van der Waals surface area contributed by atoms with Gasteiger partial charge < -0.3 is 5.32 Å². The second kappa shape index (κ2) is 5.33. The van der Waals surface area contributed by atoms with Gasteiger partial charge in [-0.15, -0.1) is 0 Å². The molecule has 0 spiro atoms. The van der Waals surface area contributed by atoms with E-state index in [1.165, 1.54) is 12.1 Å². The van der Waals surface area contributed by atoms with Crippen LogP contribution in [0.3, 0.4) is 0 Å². The molecule has 0 radical (unpaired) electrons. The van der Waals surface area contributed by atoms with Crippen LogP contribution in [0.4, 0.5) is 0 Å². The topological polar surface area (TPSA) is 12.0 Å². The van der Waals surface area contributed by atoms with Gasteiger partial charge in [0.05, 0.1) is 0 Å². The molecule has 0 atom stereocenters. The fraction of sp³-hybridized carbons (Fsp3) is 0.778. The lowest BCUT2D eigenvalue weighted by Gasteiger charge is -2.08. The van der Waals surface area contributed by atoms with Gasteiger partial charge >= 0.3 is 0 Å². The lowest BCUT2D eigenvalue weighted by atomic mass is 10.1. The Hall–Kier alpha value is -0.460. The van der Waals surface area contributed by atoms with E-state index in [1.807, 2.05) is 0 Å². The first-order chi connectivity index (χ1) is 4.66. The van der Waals surface area contributed by atoms with Crippen LogP contribution in [0.5, 0.6) is 0 Å². The van der Waals surface area contributed by atoms with Crippen LogP contribution in [0.25, 0.3) is 0 Å². The van der Waals surface area contributed by atoms with Crippen LogP contribution in [0.15, 0.2) is 12.3 Å². The summed E-state index contributed by atoms with van der Waals surface area (Å²) in [5, 5.41) is 3.21. The molecule has 0 aliphatic carbocycles. The summed E-state index contributed by atoms with van der Waals surface area (Å²) in [6, 6.07) is 0. The molecule has 0 aromatic rings. The third-order valence-corrected chi connectivity index (χ3v) is 1.45. The molecular formula is C9H19N. The summed E-state index contributed by atoms with van der Waals surface area (Å²) in [5.41, 5.74) is 1.18. The van der Waals surface area contributed by atoms with Gasteiger partial charge in [-0.1, -0.05) is 20.4 Å². The second-order valence-electron chi connectivity index (χ2n) is 3.07.